The Labute approximate surface area is 166 Å². The van der Waals surface area contributed by atoms with Gasteiger partial charge in [-0.25, -0.2) is 4.39 Å². The molecule has 0 saturated heterocycles. The van der Waals surface area contributed by atoms with Crippen LogP contribution < -0.4 is 9.47 Å². The molecule has 0 radical (unpaired) electrons. The highest BCUT2D eigenvalue weighted by atomic mass is 19.3. The van der Waals surface area contributed by atoms with E-state index in [2.05, 4.69) is 16.4 Å². The largest absolute Gasteiger partial charge is 0.432 e. The van der Waals surface area contributed by atoms with Gasteiger partial charge in [0.25, 0.3) is 0 Å². The molecule has 3 rings (SSSR count). The Balaban J connectivity index is 1.67. The summed E-state index contributed by atoms with van der Waals surface area (Å²) in [6.07, 6.45) is 1.88. The maximum absolute atomic E-state index is 14.5. The van der Waals surface area contributed by atoms with Crippen molar-refractivity contribution in [1.29, 1.82) is 0 Å². The Bertz CT molecular complexity index is 799. The lowest BCUT2D eigenvalue weighted by molar-refractivity contribution is -0.185. The molecule has 2 aromatic carbocycles. The summed E-state index contributed by atoms with van der Waals surface area (Å²) < 4.78 is 75.5. The van der Waals surface area contributed by atoms with Crippen molar-refractivity contribution < 1.29 is 31.4 Å². The summed E-state index contributed by atoms with van der Waals surface area (Å²) >= 11 is 0. The van der Waals surface area contributed by atoms with Crippen molar-refractivity contribution in [1.82, 2.24) is 0 Å². The van der Waals surface area contributed by atoms with Gasteiger partial charge in [0.15, 0.2) is 11.6 Å². The summed E-state index contributed by atoms with van der Waals surface area (Å²) in [6.45, 7) is -1.03. The van der Waals surface area contributed by atoms with E-state index in [1.165, 1.54) is 18.6 Å². The van der Waals surface area contributed by atoms with Crippen LogP contribution in [0.3, 0.4) is 0 Å². The van der Waals surface area contributed by atoms with Crippen molar-refractivity contribution in [2.75, 3.05) is 0 Å². The number of benzene rings is 2. The zero-order valence-electron chi connectivity index (χ0n) is 16.0. The van der Waals surface area contributed by atoms with E-state index in [1.54, 1.807) is 12.1 Å². The number of hydrogen-bond acceptors (Lipinski definition) is 2. The van der Waals surface area contributed by atoms with Crippen LogP contribution in [-0.4, -0.2) is 6.61 Å². The third-order valence-corrected chi connectivity index (χ3v) is 5.51. The van der Waals surface area contributed by atoms with E-state index < -0.39 is 30.0 Å². The van der Waals surface area contributed by atoms with Gasteiger partial charge in [-0.05, 0) is 67.3 Å². The molecule has 0 spiro atoms. The zero-order valence-corrected chi connectivity index (χ0v) is 16.0. The molecular weight excluding hydrogens is 391 g/mol. The van der Waals surface area contributed by atoms with Gasteiger partial charge in [-0.1, -0.05) is 25.5 Å². The lowest BCUT2D eigenvalue weighted by Crippen LogP contribution is -2.22. The van der Waals surface area contributed by atoms with E-state index in [0.29, 0.717) is 12.0 Å². The fourth-order valence-corrected chi connectivity index (χ4v) is 3.80. The van der Waals surface area contributed by atoms with E-state index in [1.807, 2.05) is 0 Å². The Kier molecular flexibility index (Phi) is 6.65. The molecule has 1 saturated carbocycles. The van der Waals surface area contributed by atoms with Crippen LogP contribution in [0.25, 0.3) is 0 Å². The molecule has 1 fully saturated rings. The van der Waals surface area contributed by atoms with Crippen LogP contribution in [-0.2, 0) is 6.11 Å². The van der Waals surface area contributed by atoms with Gasteiger partial charge in [0.05, 0.1) is 5.56 Å². The predicted octanol–water partition coefficient (Wildman–Crippen LogP) is 7.24. The first-order valence-corrected chi connectivity index (χ1v) is 9.70. The second-order valence-electron chi connectivity index (χ2n) is 7.34. The van der Waals surface area contributed by atoms with Gasteiger partial charge < -0.3 is 9.47 Å². The minimum atomic E-state index is -3.70. The predicted molar refractivity (Wildman–Crippen MR) is 99.0 cm³/mol. The molecule has 29 heavy (non-hydrogen) atoms. The third kappa shape index (κ3) is 5.40. The average molecular weight is 414 g/mol. The smallest absolute Gasteiger partial charge is 0.426 e. The Morgan fingerprint density at radius 3 is 2.21 bits per heavy atom. The molecular formula is C22H23F5O2. The Morgan fingerprint density at radius 1 is 1.00 bits per heavy atom. The van der Waals surface area contributed by atoms with E-state index in [9.17, 15) is 22.0 Å². The molecule has 0 N–H and O–H groups in total. The van der Waals surface area contributed by atoms with Gasteiger partial charge >= 0.3 is 12.7 Å². The van der Waals surface area contributed by atoms with Crippen LogP contribution in [0, 0.1) is 11.7 Å². The van der Waals surface area contributed by atoms with Crippen molar-refractivity contribution in [2.45, 2.75) is 57.7 Å². The normalized spacial score (nSPS) is 20.0. The molecule has 0 aliphatic heterocycles. The standard InChI is InChI=1S/C22H23F5O2/c1-2-14-3-5-15(6-4-14)16-7-9-17(10-8-16)22(26,27)29-18-11-12-20(19(23)13-18)28-21(24)25/h7-15,21H,2-6H2,1H3. The van der Waals surface area contributed by atoms with Gasteiger partial charge in [0.1, 0.15) is 5.75 Å². The van der Waals surface area contributed by atoms with Crippen LogP contribution in [0.4, 0.5) is 22.0 Å². The molecule has 7 heteroatoms. The van der Waals surface area contributed by atoms with Crippen molar-refractivity contribution in [2.24, 2.45) is 5.92 Å². The van der Waals surface area contributed by atoms with Crippen molar-refractivity contribution in [3.8, 4) is 11.5 Å². The molecule has 2 aromatic rings. The van der Waals surface area contributed by atoms with E-state index in [4.69, 9.17) is 0 Å². The molecule has 0 unspecified atom stereocenters. The van der Waals surface area contributed by atoms with Crippen LogP contribution in [0.5, 0.6) is 11.5 Å². The summed E-state index contributed by atoms with van der Waals surface area (Å²) in [5.74, 6) is -1.32. The SMILES string of the molecule is CCC1CCC(c2ccc(C(F)(F)Oc3ccc(OC(F)F)c(F)c3)cc2)CC1. The quantitative estimate of drug-likeness (QED) is 0.445. The number of halogens is 5. The summed E-state index contributed by atoms with van der Waals surface area (Å²) in [4.78, 5) is 0. The summed E-state index contributed by atoms with van der Waals surface area (Å²) in [5, 5.41) is 0. The van der Waals surface area contributed by atoms with Crippen LogP contribution in [0.1, 0.15) is 56.1 Å². The maximum Gasteiger partial charge on any atom is 0.426 e. The molecule has 0 heterocycles. The van der Waals surface area contributed by atoms with Gasteiger partial charge in [0, 0.05) is 6.07 Å². The summed E-state index contributed by atoms with van der Waals surface area (Å²) in [6, 6.07) is 8.36. The van der Waals surface area contributed by atoms with Crippen molar-refractivity contribution in [3.05, 3.63) is 59.4 Å². The van der Waals surface area contributed by atoms with Gasteiger partial charge in [-0.3, -0.25) is 0 Å². The molecule has 0 atom stereocenters. The number of rotatable bonds is 7. The highest BCUT2D eigenvalue weighted by Gasteiger charge is 2.35. The molecule has 0 amide bonds. The monoisotopic (exact) mass is 414 g/mol. The highest BCUT2D eigenvalue weighted by Crippen LogP contribution is 2.38. The summed E-state index contributed by atoms with van der Waals surface area (Å²) in [5.41, 5.74) is 0.662. The molecule has 0 bridgehead atoms. The molecule has 1 aliphatic carbocycles. The first-order chi connectivity index (χ1) is 13.8. The second-order valence-corrected chi connectivity index (χ2v) is 7.34. The van der Waals surface area contributed by atoms with E-state index >= 15 is 0 Å². The fourth-order valence-electron chi connectivity index (χ4n) is 3.80. The number of hydrogen-bond donors (Lipinski definition) is 0. The first kappa shape index (κ1) is 21.4. The van der Waals surface area contributed by atoms with Crippen molar-refractivity contribution in [3.63, 3.8) is 0 Å². The minimum absolute atomic E-state index is 0.364. The molecule has 2 nitrogen and oxygen atoms in total. The number of ether oxygens (including phenoxy) is 2. The lowest BCUT2D eigenvalue weighted by atomic mass is 9.78. The molecule has 158 valence electrons. The summed E-state index contributed by atoms with van der Waals surface area (Å²) in [7, 11) is 0. The van der Waals surface area contributed by atoms with Gasteiger partial charge in [-0.15, -0.1) is 0 Å². The van der Waals surface area contributed by atoms with Crippen molar-refractivity contribution >= 4 is 0 Å². The van der Waals surface area contributed by atoms with Crippen LogP contribution >= 0.6 is 0 Å². The maximum atomic E-state index is 14.5. The number of alkyl halides is 4. The molecule has 1 aliphatic rings. The fraction of sp³-hybridized carbons (Fsp3) is 0.455. The highest BCUT2D eigenvalue weighted by molar-refractivity contribution is 5.34. The average Bonchev–Trinajstić information content (AvgIpc) is 2.70. The third-order valence-electron chi connectivity index (χ3n) is 5.51. The van der Waals surface area contributed by atoms with Crippen LogP contribution in [0.2, 0.25) is 0 Å². The minimum Gasteiger partial charge on any atom is -0.432 e. The first-order valence-electron chi connectivity index (χ1n) is 9.70. The topological polar surface area (TPSA) is 18.5 Å². The zero-order chi connectivity index (χ0) is 21.0. The Hall–Kier alpha value is -2.31. The second kappa shape index (κ2) is 9.01. The van der Waals surface area contributed by atoms with E-state index in [-0.39, 0.29) is 5.56 Å². The van der Waals surface area contributed by atoms with Crippen LogP contribution in [0.15, 0.2) is 42.5 Å². The lowest BCUT2D eigenvalue weighted by Gasteiger charge is -2.28. The Morgan fingerprint density at radius 2 is 1.66 bits per heavy atom. The van der Waals surface area contributed by atoms with E-state index in [0.717, 1.165) is 49.3 Å². The van der Waals surface area contributed by atoms with Gasteiger partial charge in [-0.2, -0.15) is 17.6 Å². The van der Waals surface area contributed by atoms with Gasteiger partial charge in [0.2, 0.25) is 0 Å². The molecule has 0 aromatic heterocycles.